The third kappa shape index (κ3) is 4.83. The summed E-state index contributed by atoms with van der Waals surface area (Å²) < 4.78 is 19.5. The van der Waals surface area contributed by atoms with Crippen LogP contribution in [0.5, 0.6) is 0 Å². The molecule has 0 spiro atoms. The van der Waals surface area contributed by atoms with Crippen LogP contribution in [0.1, 0.15) is 18.1 Å². The van der Waals surface area contributed by atoms with Crippen molar-refractivity contribution >= 4 is 30.1 Å². The van der Waals surface area contributed by atoms with E-state index in [-0.39, 0.29) is 36.3 Å². The maximum Gasteiger partial charge on any atom is 0.224 e. The van der Waals surface area contributed by atoms with Crippen LogP contribution in [0.4, 0.5) is 4.39 Å². The molecular formula is C16H22ClFN2O2S. The number of ether oxygens (including phenoxy) is 1. The van der Waals surface area contributed by atoms with Crippen LogP contribution < -0.4 is 5.32 Å². The van der Waals surface area contributed by atoms with Gasteiger partial charge < -0.3 is 15.0 Å². The average molecular weight is 361 g/mol. The van der Waals surface area contributed by atoms with Gasteiger partial charge in [-0.3, -0.25) is 4.79 Å². The molecule has 2 saturated heterocycles. The van der Waals surface area contributed by atoms with Gasteiger partial charge in [-0.15, -0.1) is 12.4 Å². The number of thioether (sulfide) groups is 1. The van der Waals surface area contributed by atoms with E-state index in [1.54, 1.807) is 18.2 Å². The molecule has 2 aliphatic rings. The first-order valence-electron chi connectivity index (χ1n) is 7.69. The third-order valence-corrected chi connectivity index (χ3v) is 5.22. The first-order chi connectivity index (χ1) is 10.7. The fourth-order valence-corrected chi connectivity index (χ4v) is 3.84. The third-order valence-electron chi connectivity index (χ3n) is 4.09. The second-order valence-corrected chi connectivity index (χ2v) is 6.80. The Balaban J connectivity index is 0.00000192. The minimum atomic E-state index is -0.368. The van der Waals surface area contributed by atoms with Crippen molar-refractivity contribution in [1.29, 1.82) is 0 Å². The van der Waals surface area contributed by atoms with Crippen LogP contribution in [0.25, 0.3) is 0 Å². The van der Waals surface area contributed by atoms with Crippen LogP contribution >= 0.6 is 24.2 Å². The topological polar surface area (TPSA) is 41.6 Å². The monoisotopic (exact) mass is 360 g/mol. The van der Waals surface area contributed by atoms with Crippen LogP contribution in [0, 0.1) is 5.82 Å². The van der Waals surface area contributed by atoms with Crippen LogP contribution in [0.2, 0.25) is 0 Å². The summed E-state index contributed by atoms with van der Waals surface area (Å²) in [5.41, 5.74) is 0.534. The second-order valence-electron chi connectivity index (χ2n) is 5.65. The SMILES string of the molecule is Cl.O=C(CC1CSCCN1)N1CCOC(c2ccccc2F)C1. The van der Waals surface area contributed by atoms with Gasteiger partial charge in [0.1, 0.15) is 11.9 Å². The van der Waals surface area contributed by atoms with Gasteiger partial charge in [0.2, 0.25) is 5.91 Å². The molecule has 1 amide bonds. The largest absolute Gasteiger partial charge is 0.370 e. The molecule has 2 aliphatic heterocycles. The molecule has 128 valence electrons. The highest BCUT2D eigenvalue weighted by molar-refractivity contribution is 7.99. The Hall–Kier alpha value is -0.820. The molecule has 0 aromatic heterocycles. The summed E-state index contributed by atoms with van der Waals surface area (Å²) >= 11 is 1.88. The van der Waals surface area contributed by atoms with Crippen LogP contribution in [-0.4, -0.2) is 54.6 Å². The summed E-state index contributed by atoms with van der Waals surface area (Å²) in [6.45, 7) is 2.43. The summed E-state index contributed by atoms with van der Waals surface area (Å²) in [6.07, 6.45) is 0.143. The maximum atomic E-state index is 13.9. The lowest BCUT2D eigenvalue weighted by molar-refractivity contribution is -0.139. The molecule has 0 radical (unpaired) electrons. The molecule has 1 aromatic rings. The van der Waals surface area contributed by atoms with Crippen LogP contribution in [-0.2, 0) is 9.53 Å². The number of hydrogen-bond acceptors (Lipinski definition) is 4. The van der Waals surface area contributed by atoms with Crippen molar-refractivity contribution in [3.05, 3.63) is 35.6 Å². The molecule has 3 rings (SSSR count). The molecule has 2 unspecified atom stereocenters. The van der Waals surface area contributed by atoms with E-state index in [0.29, 0.717) is 31.7 Å². The number of carbonyl (C=O) groups is 1. The Morgan fingerprint density at radius 1 is 1.43 bits per heavy atom. The molecular weight excluding hydrogens is 339 g/mol. The highest BCUT2D eigenvalue weighted by Gasteiger charge is 2.28. The summed E-state index contributed by atoms with van der Waals surface area (Å²) in [5, 5.41) is 3.38. The van der Waals surface area contributed by atoms with E-state index in [9.17, 15) is 9.18 Å². The zero-order chi connectivity index (χ0) is 15.4. The van der Waals surface area contributed by atoms with Crippen molar-refractivity contribution < 1.29 is 13.9 Å². The van der Waals surface area contributed by atoms with E-state index in [2.05, 4.69) is 5.32 Å². The minimum Gasteiger partial charge on any atom is -0.370 e. The number of morpholine rings is 1. The van der Waals surface area contributed by atoms with Crippen molar-refractivity contribution in [2.24, 2.45) is 0 Å². The minimum absolute atomic E-state index is 0. The molecule has 23 heavy (non-hydrogen) atoms. The van der Waals surface area contributed by atoms with Crippen LogP contribution in [0.3, 0.4) is 0 Å². The van der Waals surface area contributed by atoms with E-state index in [0.717, 1.165) is 18.1 Å². The molecule has 2 fully saturated rings. The standard InChI is InChI=1S/C16H21FN2O2S.ClH/c17-14-4-2-1-3-13(14)15-10-19(6-7-21-15)16(20)9-12-11-22-8-5-18-12;/h1-4,12,15,18H,5-11H2;1H. The summed E-state index contributed by atoms with van der Waals surface area (Å²) in [7, 11) is 0. The number of halogens is 2. The molecule has 4 nitrogen and oxygen atoms in total. The van der Waals surface area contributed by atoms with Crippen molar-refractivity contribution in [3.8, 4) is 0 Å². The first-order valence-corrected chi connectivity index (χ1v) is 8.84. The Labute approximate surface area is 146 Å². The fourth-order valence-electron chi connectivity index (χ4n) is 2.89. The van der Waals surface area contributed by atoms with Crippen molar-refractivity contribution in [2.75, 3.05) is 37.7 Å². The number of nitrogens with zero attached hydrogens (tertiary/aromatic N) is 1. The van der Waals surface area contributed by atoms with Crippen molar-refractivity contribution in [3.63, 3.8) is 0 Å². The van der Waals surface area contributed by atoms with Gasteiger partial charge in [-0.1, -0.05) is 18.2 Å². The van der Waals surface area contributed by atoms with E-state index < -0.39 is 0 Å². The predicted octanol–water partition coefficient (Wildman–Crippen LogP) is 2.24. The molecule has 2 atom stereocenters. The molecule has 1 aromatic carbocycles. The van der Waals surface area contributed by atoms with Gasteiger partial charge in [0.05, 0.1) is 13.2 Å². The van der Waals surface area contributed by atoms with Gasteiger partial charge in [0.15, 0.2) is 0 Å². The predicted molar refractivity (Wildman–Crippen MR) is 92.7 cm³/mol. The zero-order valence-corrected chi connectivity index (χ0v) is 14.5. The number of hydrogen-bond donors (Lipinski definition) is 1. The van der Waals surface area contributed by atoms with Crippen LogP contribution in [0.15, 0.2) is 24.3 Å². The summed E-state index contributed by atoms with van der Waals surface area (Å²) in [6, 6.07) is 6.87. The van der Waals surface area contributed by atoms with E-state index in [1.807, 2.05) is 16.7 Å². The Morgan fingerprint density at radius 3 is 3.00 bits per heavy atom. The van der Waals surface area contributed by atoms with Gasteiger partial charge in [-0.2, -0.15) is 11.8 Å². The molecule has 0 bridgehead atoms. The normalized spacial score (nSPS) is 24.8. The number of amides is 1. The lowest BCUT2D eigenvalue weighted by atomic mass is 10.1. The average Bonchev–Trinajstić information content (AvgIpc) is 2.56. The van der Waals surface area contributed by atoms with Gasteiger partial charge in [-0.25, -0.2) is 4.39 Å². The maximum absolute atomic E-state index is 13.9. The quantitative estimate of drug-likeness (QED) is 0.897. The highest BCUT2D eigenvalue weighted by Crippen LogP contribution is 2.25. The molecule has 0 aliphatic carbocycles. The molecule has 2 heterocycles. The number of nitrogens with one attached hydrogen (secondary N) is 1. The second kappa shape index (κ2) is 8.87. The summed E-state index contributed by atoms with van der Waals surface area (Å²) in [5.74, 6) is 1.95. The van der Waals surface area contributed by atoms with E-state index >= 15 is 0 Å². The van der Waals surface area contributed by atoms with E-state index in [1.165, 1.54) is 6.07 Å². The lowest BCUT2D eigenvalue weighted by Crippen LogP contribution is -2.46. The molecule has 7 heteroatoms. The Kier molecular flexibility index (Phi) is 7.14. The number of carbonyl (C=O) groups excluding carboxylic acids is 1. The van der Waals surface area contributed by atoms with Gasteiger partial charge in [-0.05, 0) is 6.07 Å². The van der Waals surface area contributed by atoms with Crippen molar-refractivity contribution in [1.82, 2.24) is 10.2 Å². The Morgan fingerprint density at radius 2 is 2.26 bits per heavy atom. The number of rotatable bonds is 3. The smallest absolute Gasteiger partial charge is 0.224 e. The van der Waals surface area contributed by atoms with Gasteiger partial charge in [0.25, 0.3) is 0 Å². The van der Waals surface area contributed by atoms with Crippen molar-refractivity contribution in [2.45, 2.75) is 18.6 Å². The number of benzene rings is 1. The Bertz CT molecular complexity index is 529. The summed E-state index contributed by atoms with van der Waals surface area (Å²) in [4.78, 5) is 14.3. The zero-order valence-electron chi connectivity index (χ0n) is 12.9. The first kappa shape index (κ1) is 18.5. The lowest BCUT2D eigenvalue weighted by Gasteiger charge is -2.34. The molecule has 0 saturated carbocycles. The van der Waals surface area contributed by atoms with E-state index in [4.69, 9.17) is 4.74 Å². The fraction of sp³-hybridized carbons (Fsp3) is 0.562. The molecule has 1 N–H and O–H groups in total. The van der Waals surface area contributed by atoms with Gasteiger partial charge in [0, 0.05) is 42.6 Å². The highest BCUT2D eigenvalue weighted by atomic mass is 35.5. The van der Waals surface area contributed by atoms with Gasteiger partial charge >= 0.3 is 0 Å².